The Bertz CT molecular complexity index is 5220. The number of aromatic carboxylic acids is 1. The van der Waals surface area contributed by atoms with E-state index in [9.17, 15) is 97.4 Å². The van der Waals surface area contributed by atoms with Crippen molar-refractivity contribution < 1.29 is 107 Å². The minimum Gasteiger partial charge on any atom is -0.476 e. The minimum atomic E-state index is -4.93. The molecule has 594 valence electrons. The summed E-state index contributed by atoms with van der Waals surface area (Å²) in [6, 6.07) is 25.3. The van der Waals surface area contributed by atoms with Gasteiger partial charge in [0.25, 0.3) is 41.9 Å². The molecule has 2 amide bonds. The maximum atomic E-state index is 13.5. The number of alkyl halides is 9. The van der Waals surface area contributed by atoms with Crippen LogP contribution in [0.4, 0.5) is 86.8 Å². The molecule has 25 nitrogen and oxygen atoms in total. The lowest BCUT2D eigenvalue weighted by Crippen LogP contribution is -2.36. The third-order valence-electron chi connectivity index (χ3n) is 13.9. The fourth-order valence-electron chi connectivity index (χ4n) is 8.65. The Morgan fingerprint density at radius 2 is 0.838 bits per heavy atom. The van der Waals surface area contributed by atoms with Crippen LogP contribution in [0.1, 0.15) is 48.2 Å². The van der Waals surface area contributed by atoms with Crippen molar-refractivity contribution in [2.75, 3.05) is 77.3 Å². The fourth-order valence-corrected chi connectivity index (χ4v) is 13.7. The van der Waals surface area contributed by atoms with Crippen molar-refractivity contribution in [1.82, 2.24) is 15.0 Å². The molecule has 0 aliphatic heterocycles. The molecule has 0 spiro atoms. The SMILES string of the molecule is CN(C(=O)c1ncc(Cl)cc1NS(=O)(=O)c1ccc(Cl)c(C(F)(F)F)c1)c1ccc(F)cc1.CNc1ccc(F)cc1.COCN(c1cc(Cl)cnc1C(=O)N(C)c1ccc(F)cc1)S(=O)(=O)c1ccc(Cl)c(C(F)(F)F)c1.COCN(c1cc(Cl)cnc1C(=O)O)S(=O)(=O)c1ccc(Cl)c(C(F)(F)F)c1.N=NN=NCl. The Hall–Kier alpha value is -9.46. The summed E-state index contributed by atoms with van der Waals surface area (Å²) in [7, 11) is -7.31. The summed E-state index contributed by atoms with van der Waals surface area (Å²) in [6.45, 7) is -1.41. The van der Waals surface area contributed by atoms with Gasteiger partial charge in [0.2, 0.25) is 0 Å². The third kappa shape index (κ3) is 25.0. The Labute approximate surface area is 657 Å². The number of carboxylic acids is 1. The van der Waals surface area contributed by atoms with Crippen LogP contribution in [-0.4, -0.2) is 112 Å². The quantitative estimate of drug-likeness (QED) is 0.0238. The standard InChI is InChI=1S/C22H17Cl2F4N3O4S.C20H13Cl2F4N3O3S.C15H11Cl2F3N2O5S.C7H8FN.ClHN4/c1-30(15-5-3-14(25)4-6-15)21(32)20-19(9-13(23)11-29-20)31(12-35-2)36(33,34)16-7-8-18(24)17(10-16)22(26,27)28;1-29(13-4-2-12(23)3-5-13)19(30)18-17(8-11(21)10-27-18)28-33(31,32)14-6-7-16(22)15(9-14)20(24,25)26;1-27-7-22(12-4-8(16)6-21-13(12)14(23)24)28(25,26)9-2-3-11(17)10(5-9)15(18,19)20;1-9-7-4-2-6(8)3-5-7;1-3-5-4-2/h3-11H,12H2,1-2H3;2-10,28H,1H3;2-6H,7H2,1H3,(H,23,24);2-5,9H,1H3;2H. The Kier molecular flexibility index (Phi) is 32.9. The first-order valence-electron chi connectivity index (χ1n) is 29.4. The molecule has 9 aromatic rings. The van der Waals surface area contributed by atoms with Crippen molar-refractivity contribution in [2.24, 2.45) is 15.1 Å². The molecular weight excluding hydrogens is 1720 g/mol. The molecule has 3 heterocycles. The normalized spacial score (nSPS) is 11.6. The Morgan fingerprint density at radius 1 is 0.505 bits per heavy atom. The van der Waals surface area contributed by atoms with Crippen LogP contribution in [0.15, 0.2) is 194 Å². The number of hydrogen-bond donors (Lipinski definition) is 4. The number of halogens is 19. The van der Waals surface area contributed by atoms with Crippen LogP contribution in [-0.2, 0) is 58.1 Å². The zero-order chi connectivity index (χ0) is 83.5. The summed E-state index contributed by atoms with van der Waals surface area (Å²) in [4.78, 5) is 48.9. The molecule has 0 atom stereocenters. The summed E-state index contributed by atoms with van der Waals surface area (Å²) in [5, 5.41) is 15.0. The first-order valence-corrected chi connectivity index (χ1v) is 36.4. The molecule has 0 unspecified atom stereocenters. The molecule has 0 radical (unpaired) electrons. The first kappa shape index (κ1) is 92.1. The molecule has 4 N–H and O–H groups in total. The number of aromatic nitrogens is 3. The summed E-state index contributed by atoms with van der Waals surface area (Å²) >= 11 is 38.9. The zero-order valence-corrected chi connectivity index (χ0v) is 64.1. The van der Waals surface area contributed by atoms with Gasteiger partial charge in [-0.25, -0.2) is 66.8 Å². The first-order chi connectivity index (χ1) is 51.7. The van der Waals surface area contributed by atoms with Crippen LogP contribution in [0.25, 0.3) is 0 Å². The molecule has 0 bridgehead atoms. The lowest BCUT2D eigenvalue weighted by Gasteiger charge is -2.27. The highest BCUT2D eigenvalue weighted by Gasteiger charge is 2.40. The van der Waals surface area contributed by atoms with E-state index in [2.05, 4.69) is 47.1 Å². The average molecular weight is 1770 g/mol. The molecule has 0 fully saturated rings. The smallest absolute Gasteiger partial charge is 0.417 e. The van der Waals surface area contributed by atoms with Crippen LogP contribution < -0.4 is 28.4 Å². The number of pyridine rings is 3. The number of carboxylic acid groups (broad SMARTS) is 1. The highest BCUT2D eigenvalue weighted by molar-refractivity contribution is 7.93. The van der Waals surface area contributed by atoms with Gasteiger partial charge in [-0.15, -0.1) is 0 Å². The van der Waals surface area contributed by atoms with E-state index in [1.165, 1.54) is 50.5 Å². The van der Waals surface area contributed by atoms with Gasteiger partial charge in [-0.3, -0.25) is 14.3 Å². The van der Waals surface area contributed by atoms with Crippen LogP contribution in [0.5, 0.6) is 0 Å². The van der Waals surface area contributed by atoms with E-state index in [1.807, 2.05) is 4.72 Å². The molecule has 9 rings (SSSR count). The number of ether oxygens (including phenoxy) is 2. The van der Waals surface area contributed by atoms with Crippen molar-refractivity contribution >= 4 is 163 Å². The fraction of sp³-hybridized carbons (Fsp3) is 0.156. The van der Waals surface area contributed by atoms with Crippen molar-refractivity contribution in [3.05, 3.63) is 246 Å². The topological polar surface area (TPSA) is 329 Å². The Morgan fingerprint density at radius 3 is 1.18 bits per heavy atom. The zero-order valence-electron chi connectivity index (χ0n) is 56.3. The highest BCUT2D eigenvalue weighted by atomic mass is 35.5. The lowest BCUT2D eigenvalue weighted by atomic mass is 10.2. The number of benzene rings is 6. The van der Waals surface area contributed by atoms with Gasteiger partial charge in [0.05, 0.1) is 90.4 Å². The van der Waals surface area contributed by atoms with E-state index >= 15 is 0 Å². The van der Waals surface area contributed by atoms with Gasteiger partial charge >= 0.3 is 24.5 Å². The summed E-state index contributed by atoms with van der Waals surface area (Å²) in [5.41, 5.74) is 0.592. The van der Waals surface area contributed by atoms with E-state index in [0.717, 1.165) is 127 Å². The Balaban J connectivity index is 0.000000274. The maximum absolute atomic E-state index is 13.5. The van der Waals surface area contributed by atoms with E-state index in [0.29, 0.717) is 26.8 Å². The largest absolute Gasteiger partial charge is 0.476 e. The predicted octanol–water partition coefficient (Wildman–Crippen LogP) is 18.6. The highest BCUT2D eigenvalue weighted by Crippen LogP contribution is 2.41. The second-order valence-electron chi connectivity index (χ2n) is 21.2. The molecule has 0 saturated carbocycles. The number of anilines is 6. The molecule has 3 aromatic heterocycles. The van der Waals surface area contributed by atoms with Gasteiger partial charge in [0.1, 0.15) is 30.9 Å². The van der Waals surface area contributed by atoms with Crippen LogP contribution in [0.2, 0.25) is 30.1 Å². The van der Waals surface area contributed by atoms with E-state index in [1.54, 1.807) is 19.2 Å². The molecule has 0 aliphatic rings. The van der Waals surface area contributed by atoms with Crippen LogP contribution in [0.3, 0.4) is 0 Å². The second-order valence-corrected chi connectivity index (χ2v) is 29.3. The second kappa shape index (κ2) is 39.6. The molecule has 6 aromatic carbocycles. The molecule has 111 heavy (non-hydrogen) atoms. The van der Waals surface area contributed by atoms with E-state index in [4.69, 9.17) is 84.6 Å². The minimum absolute atomic E-state index is 0.0410. The van der Waals surface area contributed by atoms with Gasteiger partial charge in [0, 0.05) is 71.0 Å². The lowest BCUT2D eigenvalue weighted by molar-refractivity contribution is -0.138. The van der Waals surface area contributed by atoms with Gasteiger partial charge in [-0.2, -0.15) is 45.0 Å². The number of carbonyl (C=O) groups excluding carboxylic acids is 2. The van der Waals surface area contributed by atoms with Crippen molar-refractivity contribution in [3.8, 4) is 0 Å². The third-order valence-corrected chi connectivity index (χ3v) is 20.4. The van der Waals surface area contributed by atoms with Gasteiger partial charge in [0.15, 0.2) is 17.1 Å². The number of nitrogens with one attached hydrogen (secondary N) is 3. The van der Waals surface area contributed by atoms with Crippen molar-refractivity contribution in [3.63, 3.8) is 0 Å². The number of methoxy groups -OCH3 is 2. The van der Waals surface area contributed by atoms with Gasteiger partial charge < -0.3 is 29.7 Å². The number of rotatable bonds is 20. The van der Waals surface area contributed by atoms with Crippen LogP contribution in [0, 0.1) is 23.0 Å². The molecule has 0 saturated heterocycles. The van der Waals surface area contributed by atoms with Crippen LogP contribution >= 0.6 is 81.4 Å². The number of hydrogen-bond acceptors (Lipinski definition) is 17. The maximum Gasteiger partial charge on any atom is 0.417 e. The number of amides is 2. The monoisotopic (exact) mass is 1760 g/mol. The molecule has 47 heteroatoms. The number of sulfonamides is 3. The average Bonchev–Trinajstić information content (AvgIpc) is 0.772. The number of nitrogens with zero attached hydrogens (tertiary/aromatic N) is 10. The molecule has 0 aliphatic carbocycles. The van der Waals surface area contributed by atoms with Crippen molar-refractivity contribution in [2.45, 2.75) is 33.2 Å². The van der Waals surface area contributed by atoms with E-state index in [-0.39, 0.29) is 49.3 Å². The summed E-state index contributed by atoms with van der Waals surface area (Å²) in [5.74, 6) is -4.44. The van der Waals surface area contributed by atoms with Gasteiger partial charge in [-0.1, -0.05) is 74.2 Å². The predicted molar refractivity (Wildman–Crippen MR) is 388 cm³/mol. The summed E-state index contributed by atoms with van der Waals surface area (Å²) in [6.07, 6.45) is -11.5. The van der Waals surface area contributed by atoms with Gasteiger partial charge in [-0.05, 0) is 156 Å². The van der Waals surface area contributed by atoms with E-state index < -0.39 is 155 Å². The van der Waals surface area contributed by atoms with Crippen molar-refractivity contribution in [1.29, 1.82) is 5.53 Å². The molecular formula is C64H50Cl7F12N13O12S3. The summed E-state index contributed by atoms with van der Waals surface area (Å²) < 4.78 is 251. The number of carbonyl (C=O) groups is 3.